The summed E-state index contributed by atoms with van der Waals surface area (Å²) in [5.41, 5.74) is 1.26. The van der Waals surface area contributed by atoms with E-state index < -0.39 is 0 Å². The number of Topliss-reactive ketones (excluding diaryl/α,β-unsaturated/α-hetero) is 2. The third kappa shape index (κ3) is 3.13. The van der Waals surface area contributed by atoms with E-state index in [-0.39, 0.29) is 11.6 Å². The Labute approximate surface area is 109 Å². The molecule has 0 N–H and O–H groups in total. The number of hydrogen-bond acceptors (Lipinski definition) is 2. The van der Waals surface area contributed by atoms with Gasteiger partial charge in [0.25, 0.3) is 0 Å². The van der Waals surface area contributed by atoms with Crippen molar-refractivity contribution in [3.05, 3.63) is 39.9 Å². The lowest BCUT2D eigenvalue weighted by molar-refractivity contribution is -0.120. The standard InChI is InChI=1S/C14H13BrO2/c15-11-7-5-10(6-8-11)9-12-13(16)3-1-2-4-14(12)17/h5-9H,1-4H2. The Balaban J connectivity index is 2.32. The zero-order chi connectivity index (χ0) is 12.3. The van der Waals surface area contributed by atoms with E-state index in [1.165, 1.54) is 0 Å². The summed E-state index contributed by atoms with van der Waals surface area (Å²) in [4.78, 5) is 23.6. The van der Waals surface area contributed by atoms with Crippen LogP contribution in [0.1, 0.15) is 31.2 Å². The van der Waals surface area contributed by atoms with Gasteiger partial charge in [0.15, 0.2) is 11.6 Å². The molecule has 1 aliphatic rings. The molecule has 1 saturated carbocycles. The molecule has 0 heterocycles. The number of carbonyl (C=O) groups is 2. The average Bonchev–Trinajstić information content (AvgIpc) is 2.47. The van der Waals surface area contributed by atoms with Crippen molar-refractivity contribution in [2.45, 2.75) is 25.7 Å². The van der Waals surface area contributed by atoms with Crippen LogP contribution in [0.4, 0.5) is 0 Å². The predicted octanol–water partition coefficient (Wildman–Crippen LogP) is 3.54. The fraction of sp³-hybridized carbons (Fsp3) is 0.286. The molecule has 3 heteroatoms. The summed E-state index contributed by atoms with van der Waals surface area (Å²) in [6.45, 7) is 0. The van der Waals surface area contributed by atoms with Gasteiger partial charge in [-0.25, -0.2) is 0 Å². The molecule has 0 aromatic heterocycles. The molecule has 0 radical (unpaired) electrons. The van der Waals surface area contributed by atoms with Gasteiger partial charge >= 0.3 is 0 Å². The Hall–Kier alpha value is -1.22. The molecule has 1 aromatic rings. The van der Waals surface area contributed by atoms with Crippen molar-refractivity contribution in [3.8, 4) is 0 Å². The monoisotopic (exact) mass is 292 g/mol. The van der Waals surface area contributed by atoms with Gasteiger partial charge in [-0.05, 0) is 36.6 Å². The van der Waals surface area contributed by atoms with E-state index in [1.807, 2.05) is 24.3 Å². The first kappa shape index (κ1) is 12.2. The van der Waals surface area contributed by atoms with E-state index >= 15 is 0 Å². The van der Waals surface area contributed by atoms with E-state index in [0.29, 0.717) is 18.4 Å². The smallest absolute Gasteiger partial charge is 0.166 e. The first-order chi connectivity index (χ1) is 8.16. The Morgan fingerprint density at radius 3 is 2.00 bits per heavy atom. The highest BCUT2D eigenvalue weighted by molar-refractivity contribution is 9.10. The minimum absolute atomic E-state index is 0.0181. The van der Waals surface area contributed by atoms with Crippen molar-refractivity contribution in [2.75, 3.05) is 0 Å². The Morgan fingerprint density at radius 2 is 1.47 bits per heavy atom. The molecule has 17 heavy (non-hydrogen) atoms. The van der Waals surface area contributed by atoms with Crippen LogP contribution in [-0.4, -0.2) is 11.6 Å². The highest BCUT2D eigenvalue weighted by Gasteiger charge is 2.20. The zero-order valence-corrected chi connectivity index (χ0v) is 11.0. The van der Waals surface area contributed by atoms with Crippen LogP contribution in [0.3, 0.4) is 0 Å². The summed E-state index contributed by atoms with van der Waals surface area (Å²) in [6, 6.07) is 7.58. The lowest BCUT2D eigenvalue weighted by Crippen LogP contribution is -2.09. The zero-order valence-electron chi connectivity index (χ0n) is 9.41. The highest BCUT2D eigenvalue weighted by Crippen LogP contribution is 2.20. The number of halogens is 1. The van der Waals surface area contributed by atoms with E-state index in [0.717, 1.165) is 22.9 Å². The highest BCUT2D eigenvalue weighted by atomic mass is 79.9. The first-order valence-corrected chi connectivity index (χ1v) is 6.50. The summed E-state index contributed by atoms with van der Waals surface area (Å²) < 4.78 is 0.984. The van der Waals surface area contributed by atoms with Gasteiger partial charge in [0, 0.05) is 17.3 Å². The Kier molecular flexibility index (Phi) is 3.89. The van der Waals surface area contributed by atoms with E-state index in [2.05, 4.69) is 15.9 Å². The maximum Gasteiger partial charge on any atom is 0.166 e. The van der Waals surface area contributed by atoms with Crippen LogP contribution in [0.5, 0.6) is 0 Å². The number of allylic oxidation sites excluding steroid dienone is 1. The van der Waals surface area contributed by atoms with Crippen LogP contribution >= 0.6 is 15.9 Å². The van der Waals surface area contributed by atoms with Crippen LogP contribution in [0.2, 0.25) is 0 Å². The van der Waals surface area contributed by atoms with E-state index in [1.54, 1.807) is 6.08 Å². The van der Waals surface area contributed by atoms with Crippen LogP contribution in [0.25, 0.3) is 6.08 Å². The summed E-state index contributed by atoms with van der Waals surface area (Å²) in [5.74, 6) is -0.0363. The second-order valence-electron chi connectivity index (χ2n) is 4.16. The average molecular weight is 293 g/mol. The van der Waals surface area contributed by atoms with Crippen molar-refractivity contribution in [3.63, 3.8) is 0 Å². The van der Waals surface area contributed by atoms with Gasteiger partial charge in [0.1, 0.15) is 0 Å². The molecular weight excluding hydrogens is 280 g/mol. The van der Waals surface area contributed by atoms with Gasteiger partial charge in [0.2, 0.25) is 0 Å². The summed E-state index contributed by atoms with van der Waals surface area (Å²) in [5, 5.41) is 0. The molecule has 0 spiro atoms. The van der Waals surface area contributed by atoms with Crippen LogP contribution in [0, 0.1) is 0 Å². The number of benzene rings is 1. The quantitative estimate of drug-likeness (QED) is 0.451. The lowest BCUT2D eigenvalue weighted by Gasteiger charge is -2.01. The third-order valence-corrected chi connectivity index (χ3v) is 3.37. The van der Waals surface area contributed by atoms with Crippen molar-refractivity contribution >= 4 is 33.6 Å². The van der Waals surface area contributed by atoms with E-state index in [4.69, 9.17) is 0 Å². The molecule has 0 aliphatic heterocycles. The fourth-order valence-electron chi connectivity index (χ4n) is 1.88. The largest absolute Gasteiger partial charge is 0.294 e. The van der Waals surface area contributed by atoms with Crippen molar-refractivity contribution in [1.82, 2.24) is 0 Å². The SMILES string of the molecule is O=C1CCCCC(=O)C1=Cc1ccc(Br)cc1. The minimum atomic E-state index is -0.0181. The third-order valence-electron chi connectivity index (χ3n) is 2.84. The number of ketones is 2. The fourth-order valence-corrected chi connectivity index (χ4v) is 2.15. The summed E-state index contributed by atoms with van der Waals surface area (Å²) in [7, 11) is 0. The van der Waals surface area contributed by atoms with Crippen LogP contribution < -0.4 is 0 Å². The van der Waals surface area contributed by atoms with Gasteiger partial charge < -0.3 is 0 Å². The first-order valence-electron chi connectivity index (χ1n) is 5.70. The van der Waals surface area contributed by atoms with Gasteiger partial charge in [-0.2, -0.15) is 0 Å². The van der Waals surface area contributed by atoms with Crippen molar-refractivity contribution in [2.24, 2.45) is 0 Å². The minimum Gasteiger partial charge on any atom is -0.294 e. The molecule has 0 saturated heterocycles. The van der Waals surface area contributed by atoms with Gasteiger partial charge in [-0.1, -0.05) is 28.1 Å². The summed E-state index contributed by atoms with van der Waals surface area (Å²) >= 11 is 3.35. The molecule has 1 aliphatic carbocycles. The molecule has 2 nitrogen and oxygen atoms in total. The molecule has 0 unspecified atom stereocenters. The summed E-state index contributed by atoms with van der Waals surface area (Å²) in [6.07, 6.45) is 4.34. The second-order valence-corrected chi connectivity index (χ2v) is 5.08. The van der Waals surface area contributed by atoms with E-state index in [9.17, 15) is 9.59 Å². The van der Waals surface area contributed by atoms with Crippen molar-refractivity contribution < 1.29 is 9.59 Å². The second kappa shape index (κ2) is 5.41. The van der Waals surface area contributed by atoms with Crippen molar-refractivity contribution in [1.29, 1.82) is 0 Å². The molecule has 88 valence electrons. The molecule has 1 aromatic carbocycles. The van der Waals surface area contributed by atoms with Crippen LogP contribution in [-0.2, 0) is 9.59 Å². The maximum atomic E-state index is 11.8. The molecular formula is C14H13BrO2. The maximum absolute atomic E-state index is 11.8. The lowest BCUT2D eigenvalue weighted by atomic mass is 10.0. The van der Waals surface area contributed by atoms with Crippen LogP contribution in [0.15, 0.2) is 34.3 Å². The van der Waals surface area contributed by atoms with Gasteiger partial charge in [0.05, 0.1) is 5.57 Å². The molecule has 1 fully saturated rings. The van der Waals surface area contributed by atoms with Gasteiger partial charge in [-0.3, -0.25) is 9.59 Å². The molecule has 2 rings (SSSR count). The Bertz CT molecular complexity index is 452. The molecule has 0 atom stereocenters. The van der Waals surface area contributed by atoms with Gasteiger partial charge in [-0.15, -0.1) is 0 Å². The number of carbonyl (C=O) groups excluding carboxylic acids is 2. The number of hydrogen-bond donors (Lipinski definition) is 0. The molecule has 0 bridgehead atoms. The predicted molar refractivity (Wildman–Crippen MR) is 70.6 cm³/mol. The number of rotatable bonds is 1. The topological polar surface area (TPSA) is 34.1 Å². The molecule has 0 amide bonds. The normalized spacial score (nSPS) is 16.9. The Morgan fingerprint density at radius 1 is 0.941 bits per heavy atom.